The smallest absolute Gasteiger partial charge is 0.169 e. The van der Waals surface area contributed by atoms with Gasteiger partial charge in [-0.15, -0.1) is 0 Å². The molecule has 1 fully saturated rings. The fourth-order valence-electron chi connectivity index (χ4n) is 1.18. The van der Waals surface area contributed by atoms with Gasteiger partial charge in [-0.3, -0.25) is 4.79 Å². The van der Waals surface area contributed by atoms with Gasteiger partial charge in [-0.05, 0) is 25.3 Å². The van der Waals surface area contributed by atoms with Crippen molar-refractivity contribution in [1.29, 1.82) is 0 Å². The Bertz CT molecular complexity index is 282. The van der Waals surface area contributed by atoms with Gasteiger partial charge in [0.1, 0.15) is 6.26 Å². The van der Waals surface area contributed by atoms with Crippen LogP contribution in [0.2, 0.25) is 0 Å². The van der Waals surface area contributed by atoms with E-state index in [1.165, 1.54) is 0 Å². The van der Waals surface area contributed by atoms with E-state index in [2.05, 4.69) is 0 Å². The van der Waals surface area contributed by atoms with E-state index < -0.39 is 0 Å². The molecule has 0 amide bonds. The molecule has 0 unspecified atom stereocenters. The summed E-state index contributed by atoms with van der Waals surface area (Å²) in [7, 11) is 0. The first-order valence-electron chi connectivity index (χ1n) is 3.86. The molecule has 1 aromatic heterocycles. The summed E-state index contributed by atoms with van der Waals surface area (Å²) in [4.78, 5) is 11.4. The van der Waals surface area contributed by atoms with Gasteiger partial charge in [-0.2, -0.15) is 0 Å². The maximum absolute atomic E-state index is 11.4. The van der Waals surface area contributed by atoms with Crippen molar-refractivity contribution in [3.8, 4) is 0 Å². The van der Waals surface area contributed by atoms with Crippen molar-refractivity contribution in [3.05, 3.63) is 23.7 Å². The lowest BCUT2D eigenvalue weighted by atomic mass is 10.1. The highest BCUT2D eigenvalue weighted by Crippen LogP contribution is 2.33. The van der Waals surface area contributed by atoms with Gasteiger partial charge in [0.15, 0.2) is 5.78 Å². The third-order valence-corrected chi connectivity index (χ3v) is 2.07. The number of ketones is 1. The van der Waals surface area contributed by atoms with Gasteiger partial charge >= 0.3 is 0 Å². The van der Waals surface area contributed by atoms with Gasteiger partial charge in [0.2, 0.25) is 0 Å². The van der Waals surface area contributed by atoms with Gasteiger partial charge in [-0.25, -0.2) is 0 Å². The molecule has 2 nitrogen and oxygen atoms in total. The van der Waals surface area contributed by atoms with Gasteiger partial charge < -0.3 is 4.42 Å². The van der Waals surface area contributed by atoms with Crippen LogP contribution in [0, 0.1) is 12.8 Å². The van der Waals surface area contributed by atoms with Crippen LogP contribution in [0.25, 0.3) is 0 Å². The second-order valence-electron chi connectivity index (χ2n) is 3.11. The minimum Gasteiger partial charge on any atom is -0.472 e. The molecular formula is C9H10O2. The molecule has 1 saturated carbocycles. The molecule has 1 aliphatic rings. The lowest BCUT2D eigenvalue weighted by molar-refractivity contribution is 0.0966. The molecule has 1 aliphatic carbocycles. The van der Waals surface area contributed by atoms with Crippen LogP contribution >= 0.6 is 0 Å². The zero-order chi connectivity index (χ0) is 7.84. The Morgan fingerprint density at radius 2 is 2.27 bits per heavy atom. The first-order chi connectivity index (χ1) is 5.29. The quantitative estimate of drug-likeness (QED) is 0.605. The van der Waals surface area contributed by atoms with Crippen molar-refractivity contribution in [2.24, 2.45) is 5.92 Å². The second kappa shape index (κ2) is 2.22. The number of furan rings is 1. The molecule has 0 radical (unpaired) electrons. The van der Waals surface area contributed by atoms with E-state index in [9.17, 15) is 4.79 Å². The Balaban J connectivity index is 2.27. The van der Waals surface area contributed by atoms with Gasteiger partial charge in [0.05, 0.1) is 11.8 Å². The van der Waals surface area contributed by atoms with E-state index in [-0.39, 0.29) is 5.78 Å². The highest BCUT2D eigenvalue weighted by atomic mass is 16.3. The maximum Gasteiger partial charge on any atom is 0.169 e. The number of Topliss-reactive ketones (excluding diaryl/α,β-unsaturated/α-hetero) is 1. The summed E-state index contributed by atoms with van der Waals surface area (Å²) in [5, 5.41) is 0. The molecule has 0 saturated heterocycles. The van der Waals surface area contributed by atoms with E-state index in [1.54, 1.807) is 12.5 Å². The van der Waals surface area contributed by atoms with Gasteiger partial charge in [0, 0.05) is 5.92 Å². The van der Waals surface area contributed by atoms with Crippen LogP contribution < -0.4 is 0 Å². The molecule has 0 spiro atoms. The first-order valence-corrected chi connectivity index (χ1v) is 3.86. The Morgan fingerprint density at radius 1 is 1.55 bits per heavy atom. The van der Waals surface area contributed by atoms with Crippen LogP contribution in [-0.2, 0) is 0 Å². The summed E-state index contributed by atoms with van der Waals surface area (Å²) in [6.45, 7) is 1.90. The average molecular weight is 150 g/mol. The molecule has 0 bridgehead atoms. The summed E-state index contributed by atoms with van der Waals surface area (Å²) < 4.78 is 4.92. The number of hydrogen-bond acceptors (Lipinski definition) is 2. The summed E-state index contributed by atoms with van der Waals surface area (Å²) in [5.41, 5.74) is 1.73. The van der Waals surface area contributed by atoms with Crippen molar-refractivity contribution in [2.45, 2.75) is 19.8 Å². The Kier molecular flexibility index (Phi) is 1.34. The van der Waals surface area contributed by atoms with Crippen LogP contribution in [0.5, 0.6) is 0 Å². The van der Waals surface area contributed by atoms with Crippen LogP contribution in [0.3, 0.4) is 0 Å². The van der Waals surface area contributed by atoms with Crippen LogP contribution in [0.15, 0.2) is 16.9 Å². The maximum atomic E-state index is 11.4. The zero-order valence-electron chi connectivity index (χ0n) is 6.46. The third kappa shape index (κ3) is 1.09. The molecule has 1 heterocycles. The molecule has 11 heavy (non-hydrogen) atoms. The first kappa shape index (κ1) is 6.65. The Morgan fingerprint density at radius 3 is 2.73 bits per heavy atom. The van der Waals surface area contributed by atoms with Gasteiger partial charge in [-0.1, -0.05) is 0 Å². The Labute approximate surface area is 65.2 Å². The van der Waals surface area contributed by atoms with Crippen LogP contribution in [-0.4, -0.2) is 5.78 Å². The summed E-state index contributed by atoms with van der Waals surface area (Å²) in [6.07, 6.45) is 5.29. The molecule has 58 valence electrons. The molecule has 0 aliphatic heterocycles. The minimum atomic E-state index is 0.260. The molecule has 2 rings (SSSR count). The van der Waals surface area contributed by atoms with Gasteiger partial charge in [0.25, 0.3) is 0 Å². The van der Waals surface area contributed by atoms with E-state index in [4.69, 9.17) is 4.42 Å². The van der Waals surface area contributed by atoms with E-state index in [1.807, 2.05) is 6.92 Å². The SMILES string of the molecule is Cc1cocc1C(=O)C1CC1. The van der Waals surface area contributed by atoms with Crippen molar-refractivity contribution in [1.82, 2.24) is 0 Å². The van der Waals surface area contributed by atoms with Crippen molar-refractivity contribution in [3.63, 3.8) is 0 Å². The van der Waals surface area contributed by atoms with Crippen molar-refractivity contribution >= 4 is 5.78 Å². The van der Waals surface area contributed by atoms with Crippen LogP contribution in [0.1, 0.15) is 28.8 Å². The minimum absolute atomic E-state index is 0.260. The zero-order valence-corrected chi connectivity index (χ0v) is 6.46. The summed E-state index contributed by atoms with van der Waals surface area (Å²) in [5.74, 6) is 0.558. The van der Waals surface area contributed by atoms with E-state index >= 15 is 0 Å². The molecule has 0 aromatic carbocycles. The molecule has 1 aromatic rings. The summed E-state index contributed by atoms with van der Waals surface area (Å²) >= 11 is 0. The normalized spacial score (nSPS) is 16.8. The predicted molar refractivity (Wildman–Crippen MR) is 40.5 cm³/mol. The monoisotopic (exact) mass is 150 g/mol. The number of hydrogen-bond donors (Lipinski definition) is 0. The standard InChI is InChI=1S/C9H10O2/c1-6-4-11-5-8(6)9(10)7-2-3-7/h4-5,7H,2-3H2,1H3. The third-order valence-electron chi connectivity index (χ3n) is 2.07. The highest BCUT2D eigenvalue weighted by molar-refractivity contribution is 6.00. The lowest BCUT2D eigenvalue weighted by Gasteiger charge is -1.92. The fourth-order valence-corrected chi connectivity index (χ4v) is 1.18. The predicted octanol–water partition coefficient (Wildman–Crippen LogP) is 2.18. The number of rotatable bonds is 2. The average Bonchev–Trinajstić information content (AvgIpc) is 2.74. The van der Waals surface area contributed by atoms with E-state index in [0.29, 0.717) is 5.92 Å². The van der Waals surface area contributed by atoms with Crippen molar-refractivity contribution in [2.75, 3.05) is 0 Å². The summed E-state index contributed by atoms with van der Waals surface area (Å²) in [6, 6.07) is 0. The molecular weight excluding hydrogens is 140 g/mol. The van der Waals surface area contributed by atoms with Crippen LogP contribution in [0.4, 0.5) is 0 Å². The Hall–Kier alpha value is -1.05. The number of carbonyl (C=O) groups excluding carboxylic acids is 1. The topological polar surface area (TPSA) is 30.2 Å². The molecule has 2 heteroatoms. The molecule has 0 N–H and O–H groups in total. The van der Waals surface area contributed by atoms with Crippen molar-refractivity contribution < 1.29 is 9.21 Å². The largest absolute Gasteiger partial charge is 0.472 e. The fraction of sp³-hybridized carbons (Fsp3) is 0.444. The number of aryl methyl sites for hydroxylation is 1. The lowest BCUT2D eigenvalue weighted by Crippen LogP contribution is -2.00. The van der Waals surface area contributed by atoms with E-state index in [0.717, 1.165) is 24.0 Å². The molecule has 0 atom stereocenters. The second-order valence-corrected chi connectivity index (χ2v) is 3.11. The number of carbonyl (C=O) groups is 1. The highest BCUT2D eigenvalue weighted by Gasteiger charge is 2.31.